The average molecular weight is 378 g/mol. The van der Waals surface area contributed by atoms with Crippen molar-refractivity contribution in [2.24, 2.45) is 0 Å². The molecule has 0 saturated carbocycles. The highest BCUT2D eigenvalue weighted by molar-refractivity contribution is 5.94. The molecule has 0 aliphatic carbocycles. The van der Waals surface area contributed by atoms with Crippen molar-refractivity contribution in [3.05, 3.63) is 66.0 Å². The van der Waals surface area contributed by atoms with Crippen molar-refractivity contribution in [3.8, 4) is 5.82 Å². The van der Waals surface area contributed by atoms with Gasteiger partial charge in [0.1, 0.15) is 23.8 Å². The van der Waals surface area contributed by atoms with Gasteiger partial charge in [-0.2, -0.15) is 0 Å². The fraction of sp³-hybridized carbons (Fsp3) is 0.333. The first-order chi connectivity index (χ1) is 13.3. The highest BCUT2D eigenvalue weighted by Crippen LogP contribution is 2.22. The van der Waals surface area contributed by atoms with Crippen molar-refractivity contribution in [1.82, 2.24) is 24.8 Å². The first-order valence-electron chi connectivity index (χ1n) is 9.29. The Labute approximate surface area is 165 Å². The van der Waals surface area contributed by atoms with Crippen molar-refractivity contribution < 1.29 is 4.79 Å². The summed E-state index contributed by atoms with van der Waals surface area (Å²) in [6.45, 7) is 9.43. The van der Waals surface area contributed by atoms with Crippen molar-refractivity contribution in [1.29, 1.82) is 0 Å². The zero-order chi connectivity index (χ0) is 20.1. The van der Waals surface area contributed by atoms with E-state index in [0.717, 1.165) is 11.6 Å². The Kier molecular flexibility index (Phi) is 5.73. The minimum atomic E-state index is -0.0836. The van der Waals surface area contributed by atoms with Crippen LogP contribution < -0.4 is 10.6 Å². The van der Waals surface area contributed by atoms with Gasteiger partial charge >= 0.3 is 0 Å². The molecule has 0 bridgehead atoms. The van der Waals surface area contributed by atoms with Crippen LogP contribution in [0, 0.1) is 6.92 Å². The van der Waals surface area contributed by atoms with E-state index in [2.05, 4.69) is 46.4 Å². The lowest BCUT2D eigenvalue weighted by Gasteiger charge is -2.19. The van der Waals surface area contributed by atoms with E-state index < -0.39 is 0 Å². The van der Waals surface area contributed by atoms with E-state index in [4.69, 9.17) is 0 Å². The van der Waals surface area contributed by atoms with Gasteiger partial charge in [0.2, 0.25) is 0 Å². The summed E-state index contributed by atoms with van der Waals surface area (Å²) in [6, 6.07) is 9.60. The van der Waals surface area contributed by atoms with Gasteiger partial charge in [-0.15, -0.1) is 0 Å². The largest absolute Gasteiger partial charge is 0.368 e. The summed E-state index contributed by atoms with van der Waals surface area (Å²) in [7, 11) is 0. The minimum absolute atomic E-state index is 0.0740. The molecule has 0 radical (unpaired) electrons. The second kappa shape index (κ2) is 8.21. The third-order valence-electron chi connectivity index (χ3n) is 4.46. The van der Waals surface area contributed by atoms with Crippen molar-refractivity contribution >= 4 is 11.7 Å². The number of anilines is 1. The zero-order valence-corrected chi connectivity index (χ0v) is 16.7. The molecule has 0 fully saturated rings. The van der Waals surface area contributed by atoms with Crippen LogP contribution in [-0.2, 0) is 5.41 Å². The molecule has 0 saturated heterocycles. The molecule has 1 aromatic carbocycles. The van der Waals surface area contributed by atoms with Gasteiger partial charge < -0.3 is 10.6 Å². The minimum Gasteiger partial charge on any atom is -0.368 e. The number of imidazole rings is 1. The maximum atomic E-state index is 12.3. The normalized spacial score (nSPS) is 11.3. The van der Waals surface area contributed by atoms with Crippen molar-refractivity contribution in [2.45, 2.75) is 33.1 Å². The molecule has 0 atom stereocenters. The molecule has 2 aromatic heterocycles. The van der Waals surface area contributed by atoms with Gasteiger partial charge in [-0.3, -0.25) is 9.36 Å². The maximum Gasteiger partial charge on any atom is 0.251 e. The summed E-state index contributed by atoms with van der Waals surface area (Å²) in [6.07, 6.45) is 5.09. The molecule has 7 heteroatoms. The van der Waals surface area contributed by atoms with Crippen LogP contribution in [0.2, 0.25) is 0 Å². The number of carbonyl (C=O) groups excluding carboxylic acids is 1. The number of nitrogens with zero attached hydrogens (tertiary/aromatic N) is 4. The molecule has 2 N–H and O–H groups in total. The van der Waals surface area contributed by atoms with Crippen molar-refractivity contribution in [2.75, 3.05) is 18.4 Å². The topological polar surface area (TPSA) is 84.7 Å². The van der Waals surface area contributed by atoms with Crippen molar-refractivity contribution in [3.63, 3.8) is 0 Å². The second-order valence-corrected chi connectivity index (χ2v) is 7.62. The van der Waals surface area contributed by atoms with E-state index >= 15 is 0 Å². The Balaban J connectivity index is 1.51. The molecule has 3 rings (SSSR count). The maximum absolute atomic E-state index is 12.3. The molecule has 146 valence electrons. The number of aryl methyl sites for hydroxylation is 1. The van der Waals surface area contributed by atoms with Crippen LogP contribution >= 0.6 is 0 Å². The monoisotopic (exact) mass is 378 g/mol. The summed E-state index contributed by atoms with van der Waals surface area (Å²) in [5, 5.41) is 6.12. The van der Waals surface area contributed by atoms with Crippen LogP contribution in [-0.4, -0.2) is 38.5 Å². The zero-order valence-electron chi connectivity index (χ0n) is 16.7. The van der Waals surface area contributed by atoms with E-state index in [1.54, 1.807) is 6.20 Å². The Morgan fingerprint density at radius 2 is 1.82 bits per heavy atom. The SMILES string of the molecule is Cc1nccn1-c1cc(NCCNC(=O)c2ccc(C(C)(C)C)cc2)ncn1. The number of nitrogens with one attached hydrogen (secondary N) is 2. The van der Waals surface area contributed by atoms with E-state index in [-0.39, 0.29) is 11.3 Å². The molecule has 7 nitrogen and oxygen atoms in total. The molecule has 1 amide bonds. The summed E-state index contributed by atoms with van der Waals surface area (Å²) in [4.78, 5) is 25.0. The number of carbonyl (C=O) groups is 1. The Hall–Kier alpha value is -3.22. The quantitative estimate of drug-likeness (QED) is 0.644. The molecule has 0 aliphatic rings. The van der Waals surface area contributed by atoms with Gasteiger partial charge in [0.05, 0.1) is 0 Å². The highest BCUT2D eigenvalue weighted by atomic mass is 16.1. The van der Waals surface area contributed by atoms with Gasteiger partial charge in [-0.05, 0) is 30.0 Å². The number of benzene rings is 1. The second-order valence-electron chi connectivity index (χ2n) is 7.62. The average Bonchev–Trinajstić information content (AvgIpc) is 3.11. The first-order valence-corrected chi connectivity index (χ1v) is 9.29. The predicted molar refractivity (Wildman–Crippen MR) is 110 cm³/mol. The lowest BCUT2D eigenvalue weighted by molar-refractivity contribution is 0.0955. The van der Waals surface area contributed by atoms with Gasteiger partial charge in [-0.1, -0.05) is 32.9 Å². The summed E-state index contributed by atoms with van der Waals surface area (Å²) < 4.78 is 1.88. The van der Waals surface area contributed by atoms with Gasteiger partial charge in [-0.25, -0.2) is 15.0 Å². The molecule has 3 aromatic rings. The standard InChI is InChI=1S/C21H26N6O/c1-15-22-11-12-27(15)19-13-18(25-14-26-19)23-9-10-24-20(28)16-5-7-17(8-6-16)21(2,3)4/h5-8,11-14H,9-10H2,1-4H3,(H,24,28)(H,23,25,26). The Bertz CT molecular complexity index is 940. The van der Waals surface area contributed by atoms with Gasteiger partial charge in [0, 0.05) is 37.1 Å². The highest BCUT2D eigenvalue weighted by Gasteiger charge is 2.14. The van der Waals surface area contributed by atoms with Crippen LogP contribution in [0.4, 0.5) is 5.82 Å². The smallest absolute Gasteiger partial charge is 0.251 e. The van der Waals surface area contributed by atoms with Crippen LogP contribution in [0.3, 0.4) is 0 Å². The van der Waals surface area contributed by atoms with Crippen LogP contribution in [0.5, 0.6) is 0 Å². The Morgan fingerprint density at radius 3 is 2.46 bits per heavy atom. The fourth-order valence-corrected chi connectivity index (χ4v) is 2.79. The molecule has 0 spiro atoms. The number of hydrogen-bond donors (Lipinski definition) is 2. The Morgan fingerprint density at radius 1 is 1.07 bits per heavy atom. The molecule has 0 unspecified atom stereocenters. The number of aromatic nitrogens is 4. The number of hydrogen-bond acceptors (Lipinski definition) is 5. The lowest BCUT2D eigenvalue weighted by Crippen LogP contribution is -2.29. The van der Waals surface area contributed by atoms with Gasteiger partial charge in [0.25, 0.3) is 5.91 Å². The number of rotatable bonds is 6. The predicted octanol–water partition coefficient (Wildman–Crippen LogP) is 3.11. The van der Waals surface area contributed by atoms with E-state index in [9.17, 15) is 4.79 Å². The van der Waals surface area contributed by atoms with E-state index in [0.29, 0.717) is 24.5 Å². The molecular weight excluding hydrogens is 352 g/mol. The van der Waals surface area contributed by atoms with Gasteiger partial charge in [0.15, 0.2) is 0 Å². The van der Waals surface area contributed by atoms with Crippen LogP contribution in [0.1, 0.15) is 42.5 Å². The molecule has 28 heavy (non-hydrogen) atoms. The number of amides is 1. The van der Waals surface area contributed by atoms with Crippen LogP contribution in [0.15, 0.2) is 49.1 Å². The summed E-state index contributed by atoms with van der Waals surface area (Å²) >= 11 is 0. The first kappa shape index (κ1) is 19.5. The van der Waals surface area contributed by atoms with E-state index in [1.807, 2.05) is 48.0 Å². The van der Waals surface area contributed by atoms with E-state index in [1.165, 1.54) is 11.9 Å². The summed E-state index contributed by atoms with van der Waals surface area (Å²) in [5.74, 6) is 2.21. The fourth-order valence-electron chi connectivity index (χ4n) is 2.79. The third kappa shape index (κ3) is 4.73. The summed E-state index contributed by atoms with van der Waals surface area (Å²) in [5.41, 5.74) is 1.94. The third-order valence-corrected chi connectivity index (χ3v) is 4.46. The molecular formula is C21H26N6O. The molecule has 2 heterocycles. The van der Waals surface area contributed by atoms with Crippen LogP contribution in [0.25, 0.3) is 5.82 Å². The molecule has 0 aliphatic heterocycles. The lowest BCUT2D eigenvalue weighted by atomic mass is 9.87.